The van der Waals surface area contributed by atoms with Gasteiger partial charge in [-0.05, 0) is 65.8 Å². The zero-order valence-electron chi connectivity index (χ0n) is 20.1. The smallest absolute Gasteiger partial charge is 0.141 e. The fourth-order valence-electron chi connectivity index (χ4n) is 3.99. The third-order valence-electron chi connectivity index (χ3n) is 5.92. The van der Waals surface area contributed by atoms with Gasteiger partial charge >= 0.3 is 0 Å². The molecular weight excluding hydrogens is 415 g/mol. The lowest BCUT2D eigenvalue weighted by molar-refractivity contribution is 0.218. The lowest BCUT2D eigenvalue weighted by atomic mass is 9.90. The monoisotopic (exact) mass is 450 g/mol. The highest BCUT2D eigenvalue weighted by Crippen LogP contribution is 2.32. The topological polar surface area (TPSA) is 54.4 Å². The molecule has 33 heavy (non-hydrogen) atoms. The van der Waals surface area contributed by atoms with Crippen molar-refractivity contribution in [2.45, 2.75) is 65.0 Å². The van der Waals surface area contributed by atoms with Gasteiger partial charge in [0.25, 0.3) is 0 Å². The molecule has 1 unspecified atom stereocenters. The van der Waals surface area contributed by atoms with Crippen molar-refractivity contribution in [2.75, 3.05) is 12.4 Å². The largest absolute Gasteiger partial charge is 0.495 e. The number of hydrogen-bond acceptors (Lipinski definition) is 4. The number of unbranched alkanes of at least 4 members (excludes halogenated alkanes) is 2. The quantitative estimate of drug-likeness (QED) is 0.316. The molecule has 3 aromatic rings. The van der Waals surface area contributed by atoms with Crippen molar-refractivity contribution >= 4 is 5.69 Å². The van der Waals surface area contributed by atoms with Gasteiger partial charge in [-0.15, -0.1) is 0 Å². The highest BCUT2D eigenvalue weighted by atomic mass is 19.1. The highest BCUT2D eigenvalue weighted by molar-refractivity contribution is 5.56. The number of rotatable bonds is 11. The van der Waals surface area contributed by atoms with Gasteiger partial charge in [-0.25, -0.2) is 4.39 Å². The first kappa shape index (κ1) is 24.7. The number of aromatic nitrogens is 1. The molecule has 4 nitrogen and oxygen atoms in total. The predicted molar refractivity (Wildman–Crippen MR) is 132 cm³/mol. The highest BCUT2D eigenvalue weighted by Gasteiger charge is 2.21. The minimum absolute atomic E-state index is 0.207. The molecule has 1 aromatic heterocycles. The molecule has 1 atom stereocenters. The Bertz CT molecular complexity index is 1030. The summed E-state index contributed by atoms with van der Waals surface area (Å²) in [6.07, 6.45) is 3.23. The Kier molecular flexibility index (Phi) is 8.84. The zero-order valence-corrected chi connectivity index (χ0v) is 20.1. The molecule has 5 heteroatoms. The Morgan fingerprint density at radius 2 is 1.79 bits per heavy atom. The molecule has 2 aromatic carbocycles. The van der Waals surface area contributed by atoms with E-state index >= 15 is 0 Å². The van der Waals surface area contributed by atoms with Gasteiger partial charge in [0.1, 0.15) is 17.7 Å². The van der Waals surface area contributed by atoms with Crippen molar-refractivity contribution in [3.8, 4) is 5.75 Å². The van der Waals surface area contributed by atoms with Crippen molar-refractivity contribution in [3.63, 3.8) is 0 Å². The van der Waals surface area contributed by atoms with Crippen LogP contribution in [0.3, 0.4) is 0 Å². The Labute approximate surface area is 196 Å². The fourth-order valence-corrected chi connectivity index (χ4v) is 3.99. The van der Waals surface area contributed by atoms with E-state index in [9.17, 15) is 9.50 Å². The van der Waals surface area contributed by atoms with Gasteiger partial charge in [-0.2, -0.15) is 0 Å². The van der Waals surface area contributed by atoms with Gasteiger partial charge in [0.2, 0.25) is 0 Å². The number of nitrogens with zero attached hydrogens (tertiary/aromatic N) is 1. The van der Waals surface area contributed by atoms with E-state index < -0.39 is 6.10 Å². The Hall–Kier alpha value is -2.92. The van der Waals surface area contributed by atoms with Crippen LogP contribution in [0.1, 0.15) is 80.1 Å². The van der Waals surface area contributed by atoms with Gasteiger partial charge in [0.05, 0.1) is 25.0 Å². The molecule has 0 bridgehead atoms. The first-order valence-electron chi connectivity index (χ1n) is 11.8. The van der Waals surface area contributed by atoms with Crippen molar-refractivity contribution in [2.24, 2.45) is 0 Å². The number of aliphatic hydroxyl groups excluding tert-OH is 1. The molecule has 2 N–H and O–H groups in total. The minimum Gasteiger partial charge on any atom is -0.495 e. The average Bonchev–Trinajstić information content (AvgIpc) is 2.83. The minimum atomic E-state index is -0.840. The van der Waals surface area contributed by atoms with E-state index in [2.05, 4.69) is 26.1 Å². The maximum atomic E-state index is 13.5. The van der Waals surface area contributed by atoms with E-state index in [1.54, 1.807) is 19.2 Å². The second kappa shape index (κ2) is 11.8. The summed E-state index contributed by atoms with van der Waals surface area (Å²) in [5, 5.41) is 14.8. The van der Waals surface area contributed by atoms with E-state index in [-0.39, 0.29) is 11.7 Å². The van der Waals surface area contributed by atoms with Crippen molar-refractivity contribution in [3.05, 3.63) is 88.5 Å². The van der Waals surface area contributed by atoms with Crippen LogP contribution in [0.25, 0.3) is 0 Å². The van der Waals surface area contributed by atoms with Gasteiger partial charge in [-0.3, -0.25) is 4.98 Å². The molecule has 0 amide bonds. The van der Waals surface area contributed by atoms with Crippen molar-refractivity contribution in [1.82, 2.24) is 4.98 Å². The van der Waals surface area contributed by atoms with Crippen LogP contribution in [0.4, 0.5) is 10.1 Å². The van der Waals surface area contributed by atoms with Gasteiger partial charge in [-0.1, -0.05) is 57.9 Å². The van der Waals surface area contributed by atoms with Crippen molar-refractivity contribution < 1.29 is 14.2 Å². The van der Waals surface area contributed by atoms with E-state index in [1.807, 2.05) is 30.3 Å². The normalized spacial score (nSPS) is 12.1. The summed E-state index contributed by atoms with van der Waals surface area (Å²) in [7, 11) is 1.66. The molecule has 0 radical (unpaired) electrons. The summed E-state index contributed by atoms with van der Waals surface area (Å²) in [5.41, 5.74) is 5.36. The number of anilines is 1. The van der Waals surface area contributed by atoms with Gasteiger partial charge < -0.3 is 15.2 Å². The zero-order chi connectivity index (χ0) is 23.8. The first-order chi connectivity index (χ1) is 15.9. The van der Waals surface area contributed by atoms with Crippen LogP contribution in [0.2, 0.25) is 0 Å². The maximum Gasteiger partial charge on any atom is 0.141 e. The molecular formula is C28H35FN2O2. The Balaban J connectivity index is 2.04. The second-order valence-corrected chi connectivity index (χ2v) is 8.68. The van der Waals surface area contributed by atoms with Crippen LogP contribution in [0.5, 0.6) is 5.75 Å². The van der Waals surface area contributed by atoms with Crippen LogP contribution in [-0.2, 0) is 13.0 Å². The van der Waals surface area contributed by atoms with E-state index in [0.29, 0.717) is 12.1 Å². The second-order valence-electron chi connectivity index (χ2n) is 8.68. The number of nitrogens with one attached hydrogen (secondary N) is 1. The summed E-state index contributed by atoms with van der Waals surface area (Å²) < 4.78 is 19.0. The fraction of sp³-hybridized carbons (Fsp3) is 0.393. The summed E-state index contributed by atoms with van der Waals surface area (Å²) in [6.45, 7) is 6.90. The van der Waals surface area contributed by atoms with Crippen molar-refractivity contribution in [1.29, 1.82) is 0 Å². The molecule has 1 heterocycles. The summed E-state index contributed by atoms with van der Waals surface area (Å²) in [5.74, 6) is 0.670. The van der Waals surface area contributed by atoms with Gasteiger partial charge in [0, 0.05) is 5.69 Å². The number of hydrogen-bond donors (Lipinski definition) is 2. The average molecular weight is 451 g/mol. The van der Waals surface area contributed by atoms with E-state index in [1.165, 1.54) is 12.1 Å². The number of halogens is 1. The number of aliphatic hydroxyl groups is 1. The standard InChI is InChI=1S/C28H35FN2O2/c1-5-6-7-10-22-23(28(32)20-13-15-21(29)16-14-20)17-25(19(2)3)31-26(22)18-30-24-11-8-9-12-27(24)33-4/h8-9,11-17,19,28,30,32H,5-7,10,18H2,1-4H3. The van der Waals surface area contributed by atoms with E-state index in [4.69, 9.17) is 9.72 Å². The molecule has 0 aliphatic heterocycles. The summed E-state index contributed by atoms with van der Waals surface area (Å²) >= 11 is 0. The van der Waals surface area contributed by atoms with E-state index in [0.717, 1.165) is 59.6 Å². The van der Waals surface area contributed by atoms with Crippen LogP contribution < -0.4 is 10.1 Å². The third kappa shape index (κ3) is 6.32. The molecule has 3 rings (SSSR count). The number of benzene rings is 2. The number of ether oxygens (including phenoxy) is 1. The SMILES string of the molecule is CCCCCc1c(C(O)c2ccc(F)cc2)cc(C(C)C)nc1CNc1ccccc1OC. The molecule has 0 aliphatic carbocycles. The number of methoxy groups -OCH3 is 1. The Morgan fingerprint density at radius 1 is 1.06 bits per heavy atom. The third-order valence-corrected chi connectivity index (χ3v) is 5.92. The molecule has 0 saturated heterocycles. The van der Waals surface area contributed by atoms with Gasteiger partial charge in [0.15, 0.2) is 0 Å². The van der Waals surface area contributed by atoms with Crippen LogP contribution in [-0.4, -0.2) is 17.2 Å². The summed E-state index contributed by atoms with van der Waals surface area (Å²) in [4.78, 5) is 5.00. The van der Waals surface area contributed by atoms with Crippen LogP contribution in [0, 0.1) is 5.82 Å². The number of para-hydroxylation sites is 2. The molecule has 0 spiro atoms. The molecule has 0 fully saturated rings. The summed E-state index contributed by atoms with van der Waals surface area (Å²) in [6, 6.07) is 15.9. The first-order valence-corrected chi connectivity index (χ1v) is 11.8. The molecule has 176 valence electrons. The van der Waals surface area contributed by atoms with Crippen LogP contribution >= 0.6 is 0 Å². The lowest BCUT2D eigenvalue weighted by Crippen LogP contribution is -2.14. The lowest BCUT2D eigenvalue weighted by Gasteiger charge is -2.22. The number of pyridine rings is 1. The maximum absolute atomic E-state index is 13.5. The van der Waals surface area contributed by atoms with Crippen LogP contribution in [0.15, 0.2) is 54.6 Å². The molecule has 0 saturated carbocycles. The predicted octanol–water partition coefficient (Wildman–Crippen LogP) is 6.78. The molecule has 0 aliphatic rings. The Morgan fingerprint density at radius 3 is 2.45 bits per heavy atom.